The van der Waals surface area contributed by atoms with Gasteiger partial charge in [0, 0.05) is 6.54 Å². The van der Waals surface area contributed by atoms with Crippen LogP contribution >= 0.6 is 0 Å². The second-order valence-electron chi connectivity index (χ2n) is 2.66. The van der Waals surface area contributed by atoms with Crippen LogP contribution in [0.15, 0.2) is 0 Å². The molecule has 0 aromatic heterocycles. The minimum Gasteiger partial charge on any atom is -0.214 e. The van der Waals surface area contributed by atoms with Gasteiger partial charge < -0.3 is 0 Å². The zero-order chi connectivity index (χ0) is 8.91. The first-order valence-electron chi connectivity index (χ1n) is 3.32. The molecule has 0 spiro atoms. The minimum atomic E-state index is -3.34. The molecule has 11 heavy (non-hydrogen) atoms. The fraction of sp³-hybridized carbons (Fsp3) is 0.833. The molecule has 0 aromatic carbocycles. The standard InChI is InChI=1S/C6H12N2O2S/c1-6(2)5-8-11(9,10)4-3-7/h6,8H,4-5H2,1-2H3. The maximum Gasteiger partial charge on any atom is 0.225 e. The highest BCUT2D eigenvalue weighted by molar-refractivity contribution is 7.89. The van der Waals surface area contributed by atoms with Gasteiger partial charge in [-0.1, -0.05) is 13.8 Å². The molecule has 0 radical (unpaired) electrons. The van der Waals surface area contributed by atoms with E-state index >= 15 is 0 Å². The van der Waals surface area contributed by atoms with E-state index < -0.39 is 15.8 Å². The number of nitriles is 1. The van der Waals surface area contributed by atoms with Gasteiger partial charge in [-0.15, -0.1) is 0 Å². The average molecular weight is 176 g/mol. The number of nitrogens with one attached hydrogen (secondary N) is 1. The largest absolute Gasteiger partial charge is 0.225 e. The minimum absolute atomic E-state index is 0.267. The molecule has 0 aliphatic rings. The lowest BCUT2D eigenvalue weighted by molar-refractivity contribution is 0.563. The van der Waals surface area contributed by atoms with Crippen molar-refractivity contribution in [1.29, 1.82) is 5.26 Å². The van der Waals surface area contributed by atoms with E-state index in [2.05, 4.69) is 4.72 Å². The summed E-state index contributed by atoms with van der Waals surface area (Å²) in [5, 5.41) is 8.10. The van der Waals surface area contributed by atoms with Gasteiger partial charge in [-0.05, 0) is 5.92 Å². The predicted octanol–water partition coefficient (Wildman–Crippen LogP) is 0.0854. The second-order valence-corrected chi connectivity index (χ2v) is 4.47. The Bertz CT molecular complexity index is 238. The summed E-state index contributed by atoms with van der Waals surface area (Å²) in [5.74, 6) is -0.192. The summed E-state index contributed by atoms with van der Waals surface area (Å²) >= 11 is 0. The Morgan fingerprint density at radius 3 is 2.45 bits per heavy atom. The van der Waals surface area contributed by atoms with Crippen LogP contribution in [-0.2, 0) is 10.0 Å². The third-order valence-corrected chi connectivity index (χ3v) is 2.08. The van der Waals surface area contributed by atoms with Gasteiger partial charge in [0.25, 0.3) is 0 Å². The van der Waals surface area contributed by atoms with Gasteiger partial charge in [0.1, 0.15) is 0 Å². The number of rotatable bonds is 4. The summed E-state index contributed by atoms with van der Waals surface area (Å²) in [4.78, 5) is 0. The van der Waals surface area contributed by atoms with Gasteiger partial charge in [0.15, 0.2) is 5.75 Å². The van der Waals surface area contributed by atoms with Crippen molar-refractivity contribution >= 4 is 10.0 Å². The number of nitrogens with zero attached hydrogens (tertiary/aromatic N) is 1. The van der Waals surface area contributed by atoms with Crippen molar-refractivity contribution in [2.45, 2.75) is 13.8 Å². The summed E-state index contributed by atoms with van der Waals surface area (Å²) in [7, 11) is -3.34. The molecule has 64 valence electrons. The summed E-state index contributed by atoms with van der Waals surface area (Å²) in [5.41, 5.74) is 0. The molecule has 0 aromatic rings. The van der Waals surface area contributed by atoms with Crippen molar-refractivity contribution < 1.29 is 8.42 Å². The first-order chi connectivity index (χ1) is 4.98. The molecule has 0 unspecified atom stereocenters. The molecule has 1 N–H and O–H groups in total. The molecule has 0 bridgehead atoms. The van der Waals surface area contributed by atoms with Crippen LogP contribution in [0.25, 0.3) is 0 Å². The molecule has 0 aliphatic heterocycles. The van der Waals surface area contributed by atoms with Crippen LogP contribution in [0.2, 0.25) is 0 Å². The lowest BCUT2D eigenvalue weighted by Gasteiger charge is -2.04. The Morgan fingerprint density at radius 1 is 1.55 bits per heavy atom. The fourth-order valence-electron chi connectivity index (χ4n) is 0.430. The molecule has 0 atom stereocenters. The zero-order valence-electron chi connectivity index (χ0n) is 6.66. The van der Waals surface area contributed by atoms with Crippen molar-refractivity contribution in [2.75, 3.05) is 12.3 Å². The zero-order valence-corrected chi connectivity index (χ0v) is 7.48. The van der Waals surface area contributed by atoms with E-state index in [0.717, 1.165) is 0 Å². The van der Waals surface area contributed by atoms with Crippen molar-refractivity contribution in [3.8, 4) is 6.07 Å². The van der Waals surface area contributed by atoms with Gasteiger partial charge in [-0.2, -0.15) is 5.26 Å². The molecule has 5 heteroatoms. The van der Waals surface area contributed by atoms with Crippen molar-refractivity contribution in [1.82, 2.24) is 4.72 Å². The van der Waals surface area contributed by atoms with E-state index in [9.17, 15) is 8.42 Å². The highest BCUT2D eigenvalue weighted by Crippen LogP contribution is 1.90. The number of hydrogen-bond donors (Lipinski definition) is 1. The average Bonchev–Trinajstić information content (AvgIpc) is 1.84. The van der Waals surface area contributed by atoms with Crippen LogP contribution in [-0.4, -0.2) is 20.7 Å². The van der Waals surface area contributed by atoms with Crippen LogP contribution in [0, 0.1) is 17.2 Å². The molecule has 0 saturated carbocycles. The molecule has 0 amide bonds. The molecule has 0 heterocycles. The lowest BCUT2D eigenvalue weighted by atomic mass is 10.2. The Labute approximate surface area is 67.3 Å². The SMILES string of the molecule is CC(C)CNS(=O)(=O)CC#N. The van der Waals surface area contributed by atoms with Crippen LogP contribution in [0.1, 0.15) is 13.8 Å². The van der Waals surface area contributed by atoms with Crippen LogP contribution < -0.4 is 4.72 Å². The Balaban J connectivity index is 3.87. The van der Waals surface area contributed by atoms with Gasteiger partial charge in [0.05, 0.1) is 6.07 Å². The Morgan fingerprint density at radius 2 is 2.09 bits per heavy atom. The van der Waals surface area contributed by atoms with E-state index in [1.54, 1.807) is 6.07 Å². The third kappa shape index (κ3) is 5.83. The summed E-state index contributed by atoms with van der Waals surface area (Å²) < 4.78 is 23.9. The van der Waals surface area contributed by atoms with Crippen LogP contribution in [0.5, 0.6) is 0 Å². The summed E-state index contributed by atoms with van der Waals surface area (Å²) in [6.07, 6.45) is 0. The van der Waals surface area contributed by atoms with E-state index in [1.807, 2.05) is 13.8 Å². The van der Waals surface area contributed by atoms with Gasteiger partial charge >= 0.3 is 0 Å². The van der Waals surface area contributed by atoms with E-state index in [1.165, 1.54) is 0 Å². The van der Waals surface area contributed by atoms with E-state index in [0.29, 0.717) is 6.54 Å². The summed E-state index contributed by atoms with van der Waals surface area (Å²) in [6.45, 7) is 4.19. The van der Waals surface area contributed by atoms with Gasteiger partial charge in [-0.25, -0.2) is 13.1 Å². The van der Waals surface area contributed by atoms with Gasteiger partial charge in [-0.3, -0.25) is 0 Å². The topological polar surface area (TPSA) is 70.0 Å². The molecule has 0 rings (SSSR count). The van der Waals surface area contributed by atoms with Crippen LogP contribution in [0.4, 0.5) is 0 Å². The summed E-state index contributed by atoms with van der Waals surface area (Å²) in [6, 6.07) is 1.58. The van der Waals surface area contributed by atoms with Crippen molar-refractivity contribution in [3.63, 3.8) is 0 Å². The molecule has 0 aliphatic carbocycles. The fourth-order valence-corrected chi connectivity index (χ4v) is 1.29. The normalized spacial score (nSPS) is 11.5. The highest BCUT2D eigenvalue weighted by atomic mass is 32.2. The maximum absolute atomic E-state index is 10.8. The molecular weight excluding hydrogens is 164 g/mol. The smallest absolute Gasteiger partial charge is 0.214 e. The predicted molar refractivity (Wildman–Crippen MR) is 42.2 cm³/mol. The Hall–Kier alpha value is -0.600. The number of hydrogen-bond acceptors (Lipinski definition) is 3. The van der Waals surface area contributed by atoms with Gasteiger partial charge in [0.2, 0.25) is 10.0 Å². The quantitative estimate of drug-likeness (QED) is 0.659. The highest BCUT2D eigenvalue weighted by Gasteiger charge is 2.08. The molecule has 0 fully saturated rings. The maximum atomic E-state index is 10.8. The third-order valence-electron chi connectivity index (χ3n) is 0.966. The van der Waals surface area contributed by atoms with Crippen molar-refractivity contribution in [3.05, 3.63) is 0 Å². The first-order valence-corrected chi connectivity index (χ1v) is 4.97. The lowest BCUT2D eigenvalue weighted by Crippen LogP contribution is -2.29. The molecular formula is C6H12N2O2S. The van der Waals surface area contributed by atoms with E-state index in [-0.39, 0.29) is 5.92 Å². The second kappa shape index (κ2) is 4.31. The molecule has 0 saturated heterocycles. The van der Waals surface area contributed by atoms with Crippen LogP contribution in [0.3, 0.4) is 0 Å². The Kier molecular flexibility index (Phi) is 4.08. The monoisotopic (exact) mass is 176 g/mol. The van der Waals surface area contributed by atoms with Crippen molar-refractivity contribution in [2.24, 2.45) is 5.92 Å². The van der Waals surface area contributed by atoms with E-state index in [4.69, 9.17) is 5.26 Å². The first kappa shape index (κ1) is 10.4. The number of sulfonamides is 1. The molecule has 4 nitrogen and oxygen atoms in total.